The van der Waals surface area contributed by atoms with E-state index < -0.39 is 10.0 Å². The highest BCUT2D eigenvalue weighted by Gasteiger charge is 2.31. The van der Waals surface area contributed by atoms with E-state index in [2.05, 4.69) is 0 Å². The molecule has 0 aliphatic carbocycles. The third kappa shape index (κ3) is 3.06. The summed E-state index contributed by atoms with van der Waals surface area (Å²) < 4.78 is 26.8. The molecule has 1 fully saturated rings. The number of rotatable bonds is 3. The van der Waals surface area contributed by atoms with Crippen LogP contribution in [0, 0.1) is 11.3 Å². The molecular weight excluding hydrogens is 346 g/mol. The third-order valence-electron chi connectivity index (χ3n) is 3.88. The predicted octanol–water partition coefficient (Wildman–Crippen LogP) is 1.77. The average Bonchev–Trinajstić information content (AvgIpc) is 3.15. The predicted molar refractivity (Wildman–Crippen MR) is 90.1 cm³/mol. The number of sulfonamides is 1. The molecule has 0 atom stereocenters. The quantitative estimate of drug-likeness (QED) is 0.834. The van der Waals surface area contributed by atoms with Crippen LogP contribution in [0.2, 0.25) is 0 Å². The Hall–Kier alpha value is -2.21. The highest BCUT2D eigenvalue weighted by molar-refractivity contribution is 7.89. The monoisotopic (exact) mass is 361 g/mol. The number of nitrogens with zero attached hydrogens (tertiary/aromatic N) is 3. The van der Waals surface area contributed by atoms with E-state index in [1.165, 1.54) is 27.8 Å². The SMILES string of the molecule is N#Cc1ccccc1S(=O)(=O)N1CCN(C(=O)c2cccs2)CC1. The van der Waals surface area contributed by atoms with Gasteiger partial charge in [-0.05, 0) is 23.6 Å². The van der Waals surface area contributed by atoms with E-state index in [9.17, 15) is 13.2 Å². The van der Waals surface area contributed by atoms with Gasteiger partial charge < -0.3 is 4.90 Å². The summed E-state index contributed by atoms with van der Waals surface area (Å²) in [6.45, 7) is 1.12. The first-order valence-electron chi connectivity index (χ1n) is 7.36. The van der Waals surface area contributed by atoms with Gasteiger partial charge >= 0.3 is 0 Å². The minimum absolute atomic E-state index is 0.0190. The summed E-state index contributed by atoms with van der Waals surface area (Å²) in [5.41, 5.74) is 0.134. The summed E-state index contributed by atoms with van der Waals surface area (Å²) in [6.07, 6.45) is 0. The fraction of sp³-hybridized carbons (Fsp3) is 0.250. The topological polar surface area (TPSA) is 81.5 Å². The lowest BCUT2D eigenvalue weighted by molar-refractivity contribution is 0.0703. The molecule has 0 bridgehead atoms. The number of benzene rings is 1. The van der Waals surface area contributed by atoms with E-state index in [0.717, 1.165) is 0 Å². The Morgan fingerprint density at radius 3 is 2.42 bits per heavy atom. The van der Waals surface area contributed by atoms with Crippen molar-refractivity contribution in [2.45, 2.75) is 4.90 Å². The fourth-order valence-electron chi connectivity index (χ4n) is 2.61. The number of carbonyl (C=O) groups is 1. The number of hydrogen-bond acceptors (Lipinski definition) is 5. The van der Waals surface area contributed by atoms with Crippen LogP contribution in [0.15, 0.2) is 46.7 Å². The molecule has 24 heavy (non-hydrogen) atoms. The Morgan fingerprint density at radius 1 is 1.08 bits per heavy atom. The van der Waals surface area contributed by atoms with E-state index in [1.54, 1.807) is 23.1 Å². The molecule has 1 aliphatic rings. The maximum absolute atomic E-state index is 12.7. The summed E-state index contributed by atoms with van der Waals surface area (Å²) in [6, 6.07) is 11.7. The van der Waals surface area contributed by atoms with Crippen LogP contribution in [0.4, 0.5) is 0 Å². The van der Waals surface area contributed by atoms with Crippen molar-refractivity contribution in [2.24, 2.45) is 0 Å². The molecule has 1 aliphatic heterocycles. The maximum atomic E-state index is 12.7. The second-order valence-electron chi connectivity index (χ2n) is 5.28. The van der Waals surface area contributed by atoms with Crippen LogP contribution in [-0.4, -0.2) is 49.7 Å². The molecule has 8 heteroatoms. The zero-order valence-corrected chi connectivity index (χ0v) is 14.4. The van der Waals surface area contributed by atoms with Crippen molar-refractivity contribution in [2.75, 3.05) is 26.2 Å². The van der Waals surface area contributed by atoms with E-state index in [0.29, 0.717) is 18.0 Å². The standard InChI is InChI=1S/C16H15N3O3S2/c17-12-13-4-1-2-6-15(13)24(21,22)19-9-7-18(8-10-19)16(20)14-5-3-11-23-14/h1-6,11H,7-10H2. The van der Waals surface area contributed by atoms with Crippen LogP contribution < -0.4 is 0 Å². The second-order valence-corrected chi connectivity index (χ2v) is 8.14. The van der Waals surface area contributed by atoms with Gasteiger partial charge in [0.2, 0.25) is 10.0 Å². The van der Waals surface area contributed by atoms with Crippen molar-refractivity contribution in [1.82, 2.24) is 9.21 Å². The Morgan fingerprint density at radius 2 is 1.79 bits per heavy atom. The van der Waals surface area contributed by atoms with Gasteiger partial charge in [-0.25, -0.2) is 8.42 Å². The van der Waals surface area contributed by atoms with E-state index in [1.807, 2.05) is 17.5 Å². The summed E-state index contributed by atoms with van der Waals surface area (Å²) in [5, 5.41) is 11.0. The van der Waals surface area contributed by atoms with Gasteiger partial charge in [0.1, 0.15) is 6.07 Å². The van der Waals surface area contributed by atoms with Crippen molar-refractivity contribution in [3.05, 3.63) is 52.2 Å². The molecule has 124 valence electrons. The number of nitriles is 1. The van der Waals surface area contributed by atoms with Crippen molar-refractivity contribution in [3.8, 4) is 6.07 Å². The number of carbonyl (C=O) groups excluding carboxylic acids is 1. The first kappa shape index (κ1) is 16.6. The minimum atomic E-state index is -3.73. The second kappa shape index (κ2) is 6.73. The number of amides is 1. The minimum Gasteiger partial charge on any atom is -0.335 e. The molecule has 1 amide bonds. The van der Waals surface area contributed by atoms with Gasteiger partial charge in [-0.1, -0.05) is 18.2 Å². The largest absolute Gasteiger partial charge is 0.335 e. The van der Waals surface area contributed by atoms with Crippen LogP contribution in [0.25, 0.3) is 0 Å². The fourth-order valence-corrected chi connectivity index (χ4v) is 4.87. The number of thiophene rings is 1. The van der Waals surface area contributed by atoms with Gasteiger partial charge in [0.05, 0.1) is 15.3 Å². The molecule has 1 aromatic heterocycles. The van der Waals surface area contributed by atoms with Gasteiger partial charge in [0.15, 0.2) is 0 Å². The van der Waals surface area contributed by atoms with Crippen LogP contribution in [-0.2, 0) is 10.0 Å². The van der Waals surface area contributed by atoms with Gasteiger partial charge in [-0.2, -0.15) is 9.57 Å². The molecular formula is C16H15N3O3S2. The molecule has 0 N–H and O–H groups in total. The maximum Gasteiger partial charge on any atom is 0.264 e. The van der Waals surface area contributed by atoms with Gasteiger partial charge in [0, 0.05) is 26.2 Å². The molecule has 1 saturated heterocycles. The Bertz CT molecular complexity index is 878. The summed E-state index contributed by atoms with van der Waals surface area (Å²) >= 11 is 1.37. The highest BCUT2D eigenvalue weighted by atomic mass is 32.2. The first-order chi connectivity index (χ1) is 11.5. The molecule has 0 unspecified atom stereocenters. The molecule has 0 saturated carbocycles. The summed E-state index contributed by atoms with van der Waals surface area (Å²) in [4.78, 5) is 14.6. The van der Waals surface area contributed by atoms with E-state index in [-0.39, 0.29) is 29.5 Å². The molecule has 2 aromatic rings. The van der Waals surface area contributed by atoms with Crippen LogP contribution >= 0.6 is 11.3 Å². The van der Waals surface area contributed by atoms with Crippen LogP contribution in [0.5, 0.6) is 0 Å². The van der Waals surface area contributed by atoms with Crippen molar-refractivity contribution >= 4 is 27.3 Å². The van der Waals surface area contributed by atoms with Crippen molar-refractivity contribution in [1.29, 1.82) is 5.26 Å². The molecule has 3 rings (SSSR count). The van der Waals surface area contributed by atoms with Gasteiger partial charge in [-0.3, -0.25) is 4.79 Å². The zero-order valence-electron chi connectivity index (χ0n) is 12.8. The van der Waals surface area contributed by atoms with Crippen molar-refractivity contribution < 1.29 is 13.2 Å². The molecule has 6 nitrogen and oxygen atoms in total. The van der Waals surface area contributed by atoms with E-state index >= 15 is 0 Å². The molecule has 1 aromatic carbocycles. The average molecular weight is 361 g/mol. The van der Waals surface area contributed by atoms with Gasteiger partial charge in [-0.15, -0.1) is 11.3 Å². The Labute approximate surface area is 144 Å². The Balaban J connectivity index is 1.75. The lowest BCUT2D eigenvalue weighted by Crippen LogP contribution is -2.50. The van der Waals surface area contributed by atoms with Crippen LogP contribution in [0.3, 0.4) is 0 Å². The first-order valence-corrected chi connectivity index (χ1v) is 9.68. The molecule has 0 radical (unpaired) electrons. The van der Waals surface area contributed by atoms with Crippen molar-refractivity contribution in [3.63, 3.8) is 0 Å². The summed E-state index contributed by atoms with van der Waals surface area (Å²) in [5.74, 6) is -0.0699. The van der Waals surface area contributed by atoms with Crippen LogP contribution in [0.1, 0.15) is 15.2 Å². The Kier molecular flexibility index (Phi) is 4.66. The molecule has 0 spiro atoms. The molecule has 2 heterocycles. The third-order valence-corrected chi connectivity index (χ3v) is 6.70. The zero-order chi connectivity index (χ0) is 17.2. The highest BCUT2D eigenvalue weighted by Crippen LogP contribution is 2.22. The van der Waals surface area contributed by atoms with Gasteiger partial charge in [0.25, 0.3) is 5.91 Å². The normalized spacial score (nSPS) is 15.9. The lowest BCUT2D eigenvalue weighted by atomic mass is 10.2. The lowest BCUT2D eigenvalue weighted by Gasteiger charge is -2.33. The number of piperazine rings is 1. The number of hydrogen-bond donors (Lipinski definition) is 0. The smallest absolute Gasteiger partial charge is 0.264 e. The summed E-state index contributed by atoms with van der Waals surface area (Å²) in [7, 11) is -3.73. The van der Waals surface area contributed by atoms with E-state index in [4.69, 9.17) is 5.26 Å².